The molecule has 0 amide bonds. The van der Waals surface area contributed by atoms with E-state index in [1.807, 2.05) is 0 Å². The van der Waals surface area contributed by atoms with Crippen LogP contribution in [-0.2, 0) is 10.0 Å². The van der Waals surface area contributed by atoms with Crippen LogP contribution in [0.15, 0.2) is 23.1 Å². The van der Waals surface area contributed by atoms with Gasteiger partial charge in [-0.05, 0) is 37.1 Å². The molecule has 0 aliphatic carbocycles. The molecule has 1 aromatic carbocycles. The van der Waals surface area contributed by atoms with Crippen molar-refractivity contribution in [2.24, 2.45) is 5.14 Å². The zero-order valence-corrected chi connectivity index (χ0v) is 12.5. The minimum absolute atomic E-state index is 0.155. The summed E-state index contributed by atoms with van der Waals surface area (Å²) in [5.41, 5.74) is 0.617. The predicted molar refractivity (Wildman–Crippen MR) is 76.8 cm³/mol. The van der Waals surface area contributed by atoms with E-state index in [1.54, 1.807) is 19.1 Å². The van der Waals surface area contributed by atoms with Gasteiger partial charge in [0.2, 0.25) is 10.0 Å². The molecule has 0 atom stereocenters. The highest BCUT2D eigenvalue weighted by Gasteiger charge is 2.11. The molecule has 1 aromatic rings. The van der Waals surface area contributed by atoms with E-state index in [0.29, 0.717) is 17.9 Å². The number of rotatable bonds is 8. The summed E-state index contributed by atoms with van der Waals surface area (Å²) in [5.74, 6) is 0.695. The van der Waals surface area contributed by atoms with Crippen LogP contribution in [0.1, 0.15) is 44.6 Å². The molecule has 5 heteroatoms. The van der Waals surface area contributed by atoms with Gasteiger partial charge in [0.05, 0.1) is 11.5 Å². The maximum absolute atomic E-state index is 11.3. The second-order valence-electron chi connectivity index (χ2n) is 4.73. The van der Waals surface area contributed by atoms with Crippen LogP contribution in [0.2, 0.25) is 0 Å². The fraction of sp³-hybridized carbons (Fsp3) is 0.571. The van der Waals surface area contributed by atoms with Gasteiger partial charge in [-0.15, -0.1) is 0 Å². The first-order valence-corrected chi connectivity index (χ1v) is 8.26. The van der Waals surface area contributed by atoms with Crippen molar-refractivity contribution < 1.29 is 13.2 Å². The molecule has 2 N–H and O–H groups in total. The summed E-state index contributed by atoms with van der Waals surface area (Å²) in [5, 5.41) is 5.11. The summed E-state index contributed by atoms with van der Waals surface area (Å²) in [7, 11) is -3.64. The summed E-state index contributed by atoms with van der Waals surface area (Å²) in [6, 6.07) is 4.86. The van der Waals surface area contributed by atoms with Gasteiger partial charge in [-0.2, -0.15) is 0 Å². The molecule has 0 radical (unpaired) electrons. The van der Waals surface area contributed by atoms with E-state index in [4.69, 9.17) is 9.88 Å². The van der Waals surface area contributed by atoms with E-state index in [0.717, 1.165) is 6.42 Å². The molecule has 0 saturated carbocycles. The second kappa shape index (κ2) is 7.50. The molecule has 4 nitrogen and oxygen atoms in total. The third kappa shape index (κ3) is 5.61. The van der Waals surface area contributed by atoms with Gasteiger partial charge in [-0.25, -0.2) is 13.6 Å². The van der Waals surface area contributed by atoms with Gasteiger partial charge in [-0.1, -0.05) is 32.6 Å². The quantitative estimate of drug-likeness (QED) is 0.746. The van der Waals surface area contributed by atoms with Crippen LogP contribution in [0.5, 0.6) is 5.75 Å². The smallest absolute Gasteiger partial charge is 0.238 e. The van der Waals surface area contributed by atoms with Crippen LogP contribution in [0.25, 0.3) is 0 Å². The molecule has 1 rings (SSSR count). The minimum atomic E-state index is -3.64. The number of ether oxygens (including phenoxy) is 1. The highest BCUT2D eigenvalue weighted by Crippen LogP contribution is 2.20. The lowest BCUT2D eigenvalue weighted by molar-refractivity contribution is 0.304. The van der Waals surface area contributed by atoms with Crippen molar-refractivity contribution in [1.82, 2.24) is 0 Å². The fourth-order valence-electron chi connectivity index (χ4n) is 1.93. The molecular weight excluding hydrogens is 262 g/mol. The first-order chi connectivity index (χ1) is 8.95. The number of primary sulfonamides is 1. The van der Waals surface area contributed by atoms with Crippen molar-refractivity contribution in [3.63, 3.8) is 0 Å². The summed E-state index contributed by atoms with van der Waals surface area (Å²) < 4.78 is 28.1. The zero-order chi connectivity index (χ0) is 14.3. The zero-order valence-electron chi connectivity index (χ0n) is 11.7. The van der Waals surface area contributed by atoms with Crippen LogP contribution in [-0.4, -0.2) is 15.0 Å². The van der Waals surface area contributed by atoms with E-state index < -0.39 is 10.0 Å². The van der Waals surface area contributed by atoms with Gasteiger partial charge in [0, 0.05) is 0 Å². The molecule has 0 fully saturated rings. The van der Waals surface area contributed by atoms with E-state index in [2.05, 4.69) is 6.92 Å². The standard InChI is InChI=1S/C14H23NO3S/c1-3-4-5-6-7-10-18-13-8-9-14(12(2)11-13)19(15,16)17/h8-9,11H,3-7,10H2,1-2H3,(H2,15,16,17). The largest absolute Gasteiger partial charge is 0.494 e. The number of hydrogen-bond acceptors (Lipinski definition) is 3. The van der Waals surface area contributed by atoms with Gasteiger partial charge in [0.25, 0.3) is 0 Å². The minimum Gasteiger partial charge on any atom is -0.494 e. The molecule has 0 aromatic heterocycles. The Morgan fingerprint density at radius 2 is 1.84 bits per heavy atom. The van der Waals surface area contributed by atoms with Crippen molar-refractivity contribution in [2.45, 2.75) is 50.8 Å². The van der Waals surface area contributed by atoms with Crippen molar-refractivity contribution in [1.29, 1.82) is 0 Å². The van der Waals surface area contributed by atoms with Crippen LogP contribution in [0.4, 0.5) is 0 Å². The Hall–Kier alpha value is -1.07. The Kier molecular flexibility index (Phi) is 6.31. The lowest BCUT2D eigenvalue weighted by Crippen LogP contribution is -2.13. The van der Waals surface area contributed by atoms with Crippen LogP contribution in [0, 0.1) is 6.92 Å². The summed E-state index contributed by atoms with van der Waals surface area (Å²) in [4.78, 5) is 0.155. The molecule has 0 heterocycles. The normalized spacial score (nSPS) is 11.5. The maximum atomic E-state index is 11.3. The molecule has 108 valence electrons. The Balaban J connectivity index is 2.46. The van der Waals surface area contributed by atoms with Gasteiger partial charge >= 0.3 is 0 Å². The Morgan fingerprint density at radius 1 is 1.16 bits per heavy atom. The Bertz CT molecular complexity index is 497. The number of sulfonamides is 1. The molecular formula is C14H23NO3S. The topological polar surface area (TPSA) is 69.4 Å². The number of benzene rings is 1. The van der Waals surface area contributed by atoms with E-state index in [1.165, 1.54) is 31.7 Å². The van der Waals surface area contributed by atoms with Crippen LogP contribution >= 0.6 is 0 Å². The predicted octanol–water partition coefficient (Wildman–Crippen LogP) is 2.99. The van der Waals surface area contributed by atoms with Gasteiger partial charge in [-0.3, -0.25) is 0 Å². The third-order valence-corrected chi connectivity index (χ3v) is 4.04. The van der Waals surface area contributed by atoms with E-state index in [9.17, 15) is 8.42 Å². The molecule has 0 bridgehead atoms. The maximum Gasteiger partial charge on any atom is 0.238 e. The fourth-order valence-corrected chi connectivity index (χ4v) is 2.69. The SMILES string of the molecule is CCCCCCCOc1ccc(S(N)(=O)=O)c(C)c1. The molecule has 0 spiro atoms. The number of unbranched alkanes of at least 4 members (excludes halogenated alkanes) is 4. The Morgan fingerprint density at radius 3 is 2.42 bits per heavy atom. The molecule has 0 aliphatic rings. The first-order valence-electron chi connectivity index (χ1n) is 6.71. The number of hydrogen-bond donors (Lipinski definition) is 1. The second-order valence-corrected chi connectivity index (χ2v) is 6.26. The van der Waals surface area contributed by atoms with Crippen LogP contribution in [0.3, 0.4) is 0 Å². The molecule has 0 unspecified atom stereocenters. The van der Waals surface area contributed by atoms with Crippen molar-refractivity contribution in [2.75, 3.05) is 6.61 Å². The Labute approximate surface area is 116 Å². The summed E-state index contributed by atoms with van der Waals surface area (Å²) in [6.45, 7) is 4.57. The molecule has 0 aliphatic heterocycles. The van der Waals surface area contributed by atoms with E-state index in [-0.39, 0.29) is 4.90 Å². The highest BCUT2D eigenvalue weighted by atomic mass is 32.2. The average molecular weight is 285 g/mol. The monoisotopic (exact) mass is 285 g/mol. The van der Waals surface area contributed by atoms with Crippen molar-refractivity contribution in [3.05, 3.63) is 23.8 Å². The van der Waals surface area contributed by atoms with Crippen molar-refractivity contribution in [3.8, 4) is 5.75 Å². The summed E-state index contributed by atoms with van der Waals surface area (Å²) in [6.07, 6.45) is 5.93. The van der Waals surface area contributed by atoms with Gasteiger partial charge < -0.3 is 4.74 Å². The lowest BCUT2D eigenvalue weighted by Gasteiger charge is -2.09. The van der Waals surface area contributed by atoms with Gasteiger partial charge in [0.1, 0.15) is 5.75 Å². The third-order valence-electron chi connectivity index (χ3n) is 2.97. The lowest BCUT2D eigenvalue weighted by atomic mass is 10.2. The number of nitrogens with two attached hydrogens (primary N) is 1. The average Bonchev–Trinajstić information content (AvgIpc) is 2.32. The number of aryl methyl sites for hydroxylation is 1. The molecule has 0 saturated heterocycles. The van der Waals surface area contributed by atoms with E-state index >= 15 is 0 Å². The van der Waals surface area contributed by atoms with Crippen molar-refractivity contribution >= 4 is 10.0 Å². The first kappa shape index (κ1) is 16.0. The van der Waals surface area contributed by atoms with Gasteiger partial charge in [0.15, 0.2) is 0 Å². The summed E-state index contributed by atoms with van der Waals surface area (Å²) >= 11 is 0. The van der Waals surface area contributed by atoms with Crippen LogP contribution < -0.4 is 9.88 Å². The molecule has 19 heavy (non-hydrogen) atoms. The highest BCUT2D eigenvalue weighted by molar-refractivity contribution is 7.89.